The average Bonchev–Trinajstić information content (AvgIpc) is 2.99. The number of hydrogen-bond donors (Lipinski definition) is 1. The molecule has 0 aliphatic carbocycles. The fourth-order valence-corrected chi connectivity index (χ4v) is 3.11. The first kappa shape index (κ1) is 17.0. The minimum atomic E-state index is -0.482. The molecule has 2 rings (SSSR count). The van der Waals surface area contributed by atoms with Crippen molar-refractivity contribution in [2.45, 2.75) is 32.9 Å². The van der Waals surface area contributed by atoms with Gasteiger partial charge in [-0.3, -0.25) is 4.90 Å². The molecule has 0 radical (unpaired) electrons. The molecule has 2 aromatic rings. The van der Waals surface area contributed by atoms with E-state index in [0.717, 1.165) is 30.8 Å². The molecule has 0 aliphatic heterocycles. The molecule has 0 saturated carbocycles. The van der Waals surface area contributed by atoms with Crippen LogP contribution >= 0.6 is 11.3 Å². The molecule has 1 heterocycles. The molecule has 22 heavy (non-hydrogen) atoms. The zero-order chi connectivity index (χ0) is 15.8. The number of hydrogen-bond acceptors (Lipinski definition) is 4. The zero-order valence-corrected chi connectivity index (χ0v) is 14.2. The molecule has 120 valence electrons. The van der Waals surface area contributed by atoms with Gasteiger partial charge in [-0.1, -0.05) is 25.1 Å². The SMILES string of the molecule is CCCN(Cc1ccsc1)CC(O)COc1ccccc1C. The van der Waals surface area contributed by atoms with Gasteiger partial charge < -0.3 is 9.84 Å². The first-order valence-corrected chi connectivity index (χ1v) is 8.73. The second-order valence-electron chi connectivity index (χ2n) is 5.60. The topological polar surface area (TPSA) is 32.7 Å². The van der Waals surface area contributed by atoms with E-state index in [-0.39, 0.29) is 0 Å². The first-order valence-electron chi connectivity index (χ1n) is 7.79. The highest BCUT2D eigenvalue weighted by Gasteiger charge is 2.13. The van der Waals surface area contributed by atoms with Crippen LogP contribution in [-0.2, 0) is 6.54 Å². The number of ether oxygens (including phenoxy) is 1. The minimum absolute atomic E-state index is 0.328. The molecule has 1 N–H and O–H groups in total. The minimum Gasteiger partial charge on any atom is -0.491 e. The smallest absolute Gasteiger partial charge is 0.122 e. The molecule has 1 aromatic heterocycles. The number of aryl methyl sites for hydroxylation is 1. The van der Waals surface area contributed by atoms with Gasteiger partial charge in [-0.25, -0.2) is 0 Å². The molecule has 1 atom stereocenters. The normalized spacial score (nSPS) is 12.5. The highest BCUT2D eigenvalue weighted by Crippen LogP contribution is 2.16. The Balaban J connectivity index is 1.82. The lowest BCUT2D eigenvalue weighted by Crippen LogP contribution is -2.35. The van der Waals surface area contributed by atoms with Crippen LogP contribution < -0.4 is 4.74 Å². The van der Waals surface area contributed by atoms with Crippen molar-refractivity contribution in [3.63, 3.8) is 0 Å². The Morgan fingerprint density at radius 2 is 2.09 bits per heavy atom. The third kappa shape index (κ3) is 5.44. The van der Waals surface area contributed by atoms with Crippen molar-refractivity contribution >= 4 is 11.3 Å². The van der Waals surface area contributed by atoms with Crippen molar-refractivity contribution in [2.75, 3.05) is 19.7 Å². The van der Waals surface area contributed by atoms with Crippen LogP contribution in [0.15, 0.2) is 41.1 Å². The highest BCUT2D eigenvalue weighted by atomic mass is 32.1. The lowest BCUT2D eigenvalue weighted by Gasteiger charge is -2.24. The summed E-state index contributed by atoms with van der Waals surface area (Å²) in [6.07, 6.45) is 0.597. The molecule has 4 heteroatoms. The third-order valence-corrected chi connectivity index (χ3v) is 4.25. The molecule has 0 amide bonds. The van der Waals surface area contributed by atoms with Crippen molar-refractivity contribution in [1.29, 1.82) is 0 Å². The second-order valence-corrected chi connectivity index (χ2v) is 6.38. The Labute approximate surface area is 137 Å². The van der Waals surface area contributed by atoms with Crippen molar-refractivity contribution in [1.82, 2.24) is 4.90 Å². The molecular formula is C18H25NO2S. The maximum atomic E-state index is 10.3. The third-order valence-electron chi connectivity index (χ3n) is 3.52. The van der Waals surface area contributed by atoms with E-state index in [0.29, 0.717) is 13.2 Å². The second kappa shape index (κ2) is 8.93. The monoisotopic (exact) mass is 319 g/mol. The summed E-state index contributed by atoms with van der Waals surface area (Å²) >= 11 is 1.71. The van der Waals surface area contributed by atoms with Crippen LogP contribution in [0.2, 0.25) is 0 Å². The van der Waals surface area contributed by atoms with Gasteiger partial charge >= 0.3 is 0 Å². The van der Waals surface area contributed by atoms with Crippen molar-refractivity contribution in [3.05, 3.63) is 52.2 Å². The van der Waals surface area contributed by atoms with E-state index in [1.165, 1.54) is 5.56 Å². The van der Waals surface area contributed by atoms with Crippen LogP contribution in [-0.4, -0.2) is 35.8 Å². The van der Waals surface area contributed by atoms with Crippen LogP contribution in [0.1, 0.15) is 24.5 Å². The molecule has 0 aliphatic rings. The number of aliphatic hydroxyl groups is 1. The van der Waals surface area contributed by atoms with Crippen molar-refractivity contribution in [3.8, 4) is 5.75 Å². The molecule has 3 nitrogen and oxygen atoms in total. The van der Waals surface area contributed by atoms with Gasteiger partial charge in [-0.05, 0) is 53.9 Å². The van der Waals surface area contributed by atoms with E-state index in [4.69, 9.17) is 4.74 Å². The average molecular weight is 319 g/mol. The van der Waals surface area contributed by atoms with Gasteiger partial charge in [0.1, 0.15) is 18.5 Å². The molecule has 1 unspecified atom stereocenters. The maximum absolute atomic E-state index is 10.3. The number of benzene rings is 1. The Hall–Kier alpha value is -1.36. The summed E-state index contributed by atoms with van der Waals surface area (Å²) in [7, 11) is 0. The molecule has 1 aromatic carbocycles. The predicted molar refractivity (Wildman–Crippen MR) is 92.6 cm³/mol. The fourth-order valence-electron chi connectivity index (χ4n) is 2.45. The maximum Gasteiger partial charge on any atom is 0.122 e. The highest BCUT2D eigenvalue weighted by molar-refractivity contribution is 7.07. The van der Waals surface area contributed by atoms with Gasteiger partial charge in [0.05, 0.1) is 0 Å². The van der Waals surface area contributed by atoms with Gasteiger partial charge in [0.2, 0.25) is 0 Å². The quantitative estimate of drug-likeness (QED) is 0.765. The van der Waals surface area contributed by atoms with Crippen LogP contribution in [0.3, 0.4) is 0 Å². The van der Waals surface area contributed by atoms with Gasteiger partial charge in [-0.15, -0.1) is 0 Å². The fraction of sp³-hybridized carbons (Fsp3) is 0.444. The van der Waals surface area contributed by atoms with E-state index in [2.05, 4.69) is 28.7 Å². The van der Waals surface area contributed by atoms with Gasteiger partial charge in [0.25, 0.3) is 0 Å². The van der Waals surface area contributed by atoms with Crippen molar-refractivity contribution < 1.29 is 9.84 Å². The summed E-state index contributed by atoms with van der Waals surface area (Å²) in [6, 6.07) is 10.0. The van der Waals surface area contributed by atoms with E-state index in [9.17, 15) is 5.11 Å². The lowest BCUT2D eigenvalue weighted by molar-refractivity contribution is 0.0654. The molecule has 0 spiro atoms. The summed E-state index contributed by atoms with van der Waals surface area (Å²) in [5, 5.41) is 14.5. The predicted octanol–water partition coefficient (Wildman–Crippen LogP) is 3.71. The number of thiophene rings is 1. The standard InChI is InChI=1S/C18H25NO2S/c1-3-9-19(11-16-8-10-22-14-16)12-17(20)13-21-18-7-5-4-6-15(18)2/h4-8,10,14,17,20H,3,9,11-13H2,1-2H3. The lowest BCUT2D eigenvalue weighted by atomic mass is 10.2. The first-order chi connectivity index (χ1) is 10.7. The Bertz CT molecular complexity index is 542. The molecular weight excluding hydrogens is 294 g/mol. The summed E-state index contributed by atoms with van der Waals surface area (Å²) in [4.78, 5) is 2.29. The van der Waals surface area contributed by atoms with Crippen LogP contribution in [0, 0.1) is 6.92 Å². The molecule has 0 saturated heterocycles. The summed E-state index contributed by atoms with van der Waals surface area (Å²) < 4.78 is 5.74. The molecule has 0 fully saturated rings. The van der Waals surface area contributed by atoms with Gasteiger partial charge in [-0.2, -0.15) is 11.3 Å². The van der Waals surface area contributed by atoms with Crippen molar-refractivity contribution in [2.24, 2.45) is 0 Å². The number of para-hydroxylation sites is 1. The zero-order valence-electron chi connectivity index (χ0n) is 13.4. The van der Waals surface area contributed by atoms with Gasteiger partial charge in [0.15, 0.2) is 0 Å². The van der Waals surface area contributed by atoms with Crippen LogP contribution in [0.25, 0.3) is 0 Å². The summed E-state index contributed by atoms with van der Waals surface area (Å²) in [5.74, 6) is 0.849. The van der Waals surface area contributed by atoms with E-state index in [1.54, 1.807) is 11.3 Å². The molecule has 0 bridgehead atoms. The van der Waals surface area contributed by atoms with Crippen LogP contribution in [0.5, 0.6) is 5.75 Å². The Kier molecular flexibility index (Phi) is 6.90. The van der Waals surface area contributed by atoms with E-state index >= 15 is 0 Å². The largest absolute Gasteiger partial charge is 0.491 e. The number of aliphatic hydroxyl groups excluding tert-OH is 1. The summed E-state index contributed by atoms with van der Waals surface area (Å²) in [5.41, 5.74) is 2.41. The van der Waals surface area contributed by atoms with E-state index < -0.39 is 6.10 Å². The Morgan fingerprint density at radius 1 is 1.27 bits per heavy atom. The van der Waals surface area contributed by atoms with E-state index in [1.807, 2.05) is 31.2 Å². The number of nitrogens with zero attached hydrogens (tertiary/aromatic N) is 1. The van der Waals surface area contributed by atoms with Gasteiger partial charge in [0, 0.05) is 13.1 Å². The Morgan fingerprint density at radius 3 is 2.77 bits per heavy atom. The van der Waals surface area contributed by atoms with Crippen LogP contribution in [0.4, 0.5) is 0 Å². The number of rotatable bonds is 9. The summed E-state index contributed by atoms with van der Waals surface area (Å²) in [6.45, 7) is 7.01.